The minimum Gasteiger partial charge on any atom is -0.487 e. The van der Waals surface area contributed by atoms with Crippen molar-refractivity contribution in [3.05, 3.63) is 44.0 Å². The van der Waals surface area contributed by atoms with Gasteiger partial charge in [0, 0.05) is 23.5 Å². The predicted octanol–water partition coefficient (Wildman–Crippen LogP) is 3.04. The van der Waals surface area contributed by atoms with Gasteiger partial charge in [-0.05, 0) is 45.4 Å². The van der Waals surface area contributed by atoms with Gasteiger partial charge in [-0.1, -0.05) is 17.4 Å². The van der Waals surface area contributed by atoms with E-state index < -0.39 is 0 Å². The van der Waals surface area contributed by atoms with Crippen LogP contribution in [-0.4, -0.2) is 23.1 Å². The number of ether oxygens (including phenoxy) is 1. The summed E-state index contributed by atoms with van der Waals surface area (Å²) in [6.45, 7) is 8.77. The molecule has 2 heterocycles. The lowest BCUT2D eigenvalue weighted by Gasteiger charge is -2.33. The molecule has 24 heavy (non-hydrogen) atoms. The van der Waals surface area contributed by atoms with Crippen LogP contribution in [-0.2, 0) is 11.3 Å². The Balaban J connectivity index is 1.79. The van der Waals surface area contributed by atoms with Crippen LogP contribution < -0.4 is 14.5 Å². The van der Waals surface area contributed by atoms with Gasteiger partial charge < -0.3 is 14.2 Å². The van der Waals surface area contributed by atoms with E-state index in [0.29, 0.717) is 19.5 Å². The van der Waals surface area contributed by atoms with Gasteiger partial charge in [-0.2, -0.15) is 0 Å². The maximum absolute atomic E-state index is 12.8. The summed E-state index contributed by atoms with van der Waals surface area (Å²) in [5, 5.41) is 0. The number of rotatable bonds is 3. The second kappa shape index (κ2) is 6.43. The zero-order valence-electron chi connectivity index (χ0n) is 14.5. The van der Waals surface area contributed by atoms with Gasteiger partial charge in [0.05, 0.1) is 12.2 Å². The summed E-state index contributed by atoms with van der Waals surface area (Å²) in [5.41, 5.74) is 2.87. The third-order valence-electron chi connectivity index (χ3n) is 4.40. The number of aromatic nitrogens is 1. The molecule has 0 radical (unpaired) electrons. The molecule has 128 valence electrons. The zero-order chi connectivity index (χ0) is 17.4. The molecule has 0 fully saturated rings. The van der Waals surface area contributed by atoms with Crippen molar-refractivity contribution in [2.75, 3.05) is 11.4 Å². The molecule has 6 heteroatoms. The number of nitrogens with zero attached hydrogens (tertiary/aromatic N) is 2. The second-order valence-electron chi connectivity index (χ2n) is 6.32. The Morgan fingerprint density at radius 1 is 1.33 bits per heavy atom. The standard InChI is InChI=1S/C18H22N2O3S/c1-11-5-6-15-16(9-11)23-12(2)10-20(15)17(21)7-8-19-13(3)14(4)24-18(19)22/h5-6,9,12H,7-8,10H2,1-4H3/t12-/m1/s1. The van der Waals surface area contributed by atoms with Crippen molar-refractivity contribution in [1.82, 2.24) is 4.57 Å². The Morgan fingerprint density at radius 2 is 2.08 bits per heavy atom. The first kappa shape index (κ1) is 16.8. The number of carbonyl (C=O) groups is 1. The molecule has 1 aliphatic heterocycles. The summed E-state index contributed by atoms with van der Waals surface area (Å²) in [4.78, 5) is 27.5. The molecule has 1 aromatic heterocycles. The molecule has 1 atom stereocenters. The molecular formula is C18H22N2O3S. The average Bonchev–Trinajstić information content (AvgIpc) is 2.76. The van der Waals surface area contributed by atoms with Crippen molar-refractivity contribution in [3.63, 3.8) is 0 Å². The van der Waals surface area contributed by atoms with E-state index in [4.69, 9.17) is 4.74 Å². The molecule has 0 saturated carbocycles. The summed E-state index contributed by atoms with van der Waals surface area (Å²) in [6.07, 6.45) is 0.257. The number of anilines is 1. The van der Waals surface area contributed by atoms with Crippen LogP contribution in [0.1, 0.15) is 29.5 Å². The first-order valence-electron chi connectivity index (χ1n) is 8.11. The molecule has 1 aromatic carbocycles. The van der Waals surface area contributed by atoms with Crippen LogP contribution in [0.3, 0.4) is 0 Å². The lowest BCUT2D eigenvalue weighted by Crippen LogP contribution is -2.42. The molecule has 3 rings (SSSR count). The van der Waals surface area contributed by atoms with Gasteiger partial charge >= 0.3 is 4.87 Å². The maximum atomic E-state index is 12.8. The van der Waals surface area contributed by atoms with Crippen molar-refractivity contribution in [2.45, 2.75) is 46.8 Å². The normalized spacial score (nSPS) is 16.7. The maximum Gasteiger partial charge on any atom is 0.307 e. The fourth-order valence-corrected chi connectivity index (χ4v) is 3.83. The lowest BCUT2D eigenvalue weighted by atomic mass is 10.1. The SMILES string of the molecule is Cc1ccc2c(c1)O[C@H](C)CN2C(=O)CCn1c(C)c(C)sc1=O. The van der Waals surface area contributed by atoms with E-state index in [9.17, 15) is 9.59 Å². The molecule has 0 N–H and O–H groups in total. The highest BCUT2D eigenvalue weighted by Crippen LogP contribution is 2.34. The van der Waals surface area contributed by atoms with E-state index in [1.165, 1.54) is 11.3 Å². The van der Waals surface area contributed by atoms with Crippen molar-refractivity contribution in [1.29, 1.82) is 0 Å². The first-order chi connectivity index (χ1) is 11.4. The molecule has 0 bridgehead atoms. The number of benzene rings is 1. The van der Waals surface area contributed by atoms with Gasteiger partial charge in [0.1, 0.15) is 11.9 Å². The number of hydrogen-bond acceptors (Lipinski definition) is 4. The summed E-state index contributed by atoms with van der Waals surface area (Å²) in [7, 11) is 0. The van der Waals surface area contributed by atoms with Crippen molar-refractivity contribution in [2.24, 2.45) is 0 Å². The van der Waals surface area contributed by atoms with Gasteiger partial charge in [0.15, 0.2) is 0 Å². The Hall–Kier alpha value is -2.08. The van der Waals surface area contributed by atoms with E-state index in [1.54, 1.807) is 9.47 Å². The Bertz CT molecular complexity index is 837. The first-order valence-corrected chi connectivity index (χ1v) is 8.93. The van der Waals surface area contributed by atoms with Crippen molar-refractivity contribution < 1.29 is 9.53 Å². The average molecular weight is 346 g/mol. The van der Waals surface area contributed by atoms with Gasteiger partial charge in [-0.3, -0.25) is 9.59 Å². The highest BCUT2D eigenvalue weighted by atomic mass is 32.1. The number of thiazole rings is 1. The zero-order valence-corrected chi connectivity index (χ0v) is 15.3. The molecule has 0 aliphatic carbocycles. The van der Waals surface area contributed by atoms with Crippen LogP contribution >= 0.6 is 11.3 Å². The van der Waals surface area contributed by atoms with E-state index in [2.05, 4.69) is 0 Å². The fraction of sp³-hybridized carbons (Fsp3) is 0.444. The minimum absolute atomic E-state index is 0.00386. The van der Waals surface area contributed by atoms with Crippen LogP contribution in [0.2, 0.25) is 0 Å². The van der Waals surface area contributed by atoms with Gasteiger partial charge in [0.25, 0.3) is 0 Å². The van der Waals surface area contributed by atoms with Gasteiger partial charge in [-0.15, -0.1) is 0 Å². The predicted molar refractivity (Wildman–Crippen MR) is 96.3 cm³/mol. The third kappa shape index (κ3) is 3.11. The van der Waals surface area contributed by atoms with E-state index >= 15 is 0 Å². The number of hydrogen-bond donors (Lipinski definition) is 0. The Kier molecular flexibility index (Phi) is 4.49. The summed E-state index contributed by atoms with van der Waals surface area (Å²) in [6, 6.07) is 5.87. The third-order valence-corrected chi connectivity index (χ3v) is 5.40. The topological polar surface area (TPSA) is 51.5 Å². The molecule has 0 spiro atoms. The summed E-state index contributed by atoms with van der Waals surface area (Å²) in [5.74, 6) is 0.771. The Labute approximate surface area is 145 Å². The van der Waals surface area contributed by atoms with Crippen LogP contribution in [0.25, 0.3) is 0 Å². The van der Waals surface area contributed by atoms with E-state index in [1.807, 2.05) is 45.9 Å². The van der Waals surface area contributed by atoms with Crippen LogP contribution in [0.5, 0.6) is 5.75 Å². The fourth-order valence-electron chi connectivity index (χ4n) is 2.97. The van der Waals surface area contributed by atoms with Crippen molar-refractivity contribution >= 4 is 22.9 Å². The molecule has 0 saturated heterocycles. The van der Waals surface area contributed by atoms with Crippen molar-refractivity contribution in [3.8, 4) is 5.75 Å². The lowest BCUT2D eigenvalue weighted by molar-refractivity contribution is -0.119. The monoisotopic (exact) mass is 346 g/mol. The molecule has 0 unspecified atom stereocenters. The largest absolute Gasteiger partial charge is 0.487 e. The molecule has 1 aliphatic rings. The minimum atomic E-state index is -0.0453. The van der Waals surface area contributed by atoms with Gasteiger partial charge in [-0.25, -0.2) is 0 Å². The smallest absolute Gasteiger partial charge is 0.307 e. The quantitative estimate of drug-likeness (QED) is 0.858. The van der Waals surface area contributed by atoms with E-state index in [0.717, 1.165) is 27.6 Å². The molecule has 5 nitrogen and oxygen atoms in total. The molecule has 1 amide bonds. The number of fused-ring (bicyclic) bond motifs is 1. The molecular weight excluding hydrogens is 324 g/mol. The number of carbonyl (C=O) groups excluding carboxylic acids is 1. The number of amides is 1. The molecule has 2 aromatic rings. The highest BCUT2D eigenvalue weighted by molar-refractivity contribution is 7.09. The van der Waals surface area contributed by atoms with E-state index in [-0.39, 0.29) is 16.9 Å². The number of aryl methyl sites for hydroxylation is 2. The van der Waals surface area contributed by atoms with Crippen LogP contribution in [0.4, 0.5) is 5.69 Å². The van der Waals surface area contributed by atoms with Crippen LogP contribution in [0, 0.1) is 20.8 Å². The van der Waals surface area contributed by atoms with Gasteiger partial charge in [0.2, 0.25) is 5.91 Å². The highest BCUT2D eigenvalue weighted by Gasteiger charge is 2.27. The second-order valence-corrected chi connectivity index (χ2v) is 7.48. The summed E-state index contributed by atoms with van der Waals surface area (Å²) < 4.78 is 7.54. The Morgan fingerprint density at radius 3 is 2.75 bits per heavy atom. The van der Waals surface area contributed by atoms with Crippen LogP contribution in [0.15, 0.2) is 23.0 Å². The summed E-state index contributed by atoms with van der Waals surface area (Å²) >= 11 is 1.24.